The van der Waals surface area contributed by atoms with Gasteiger partial charge < -0.3 is 0 Å². The van der Waals surface area contributed by atoms with E-state index >= 15 is 0 Å². The number of pyridine rings is 2. The van der Waals surface area contributed by atoms with Gasteiger partial charge in [-0.15, -0.1) is 11.3 Å². The molecule has 0 N–H and O–H groups in total. The monoisotopic (exact) mass is 394 g/mol. The van der Waals surface area contributed by atoms with Crippen molar-refractivity contribution >= 4 is 28.5 Å². The number of aromatic nitrogens is 2. The lowest BCUT2D eigenvalue weighted by Crippen LogP contribution is -2.03. The predicted molar refractivity (Wildman–Crippen MR) is 100 cm³/mol. The summed E-state index contributed by atoms with van der Waals surface area (Å²) in [4.78, 5) is 41.6. The Morgan fingerprint density at radius 3 is 2.36 bits per heavy atom. The molecule has 0 saturated carbocycles. The van der Waals surface area contributed by atoms with Crippen molar-refractivity contribution in [1.29, 1.82) is 0 Å². The standard InChI is InChI=1S/C18H10N4O5S/c23-18(13-6-15(22(26)27)11-20-9-13)7-17-4-3-16(28-17)2-1-12-5-14(21(24)25)10-19-8-12/h3-6,8-11H,7H2. The summed E-state index contributed by atoms with van der Waals surface area (Å²) in [7, 11) is 0. The Hall–Kier alpha value is -3.97. The molecule has 0 aliphatic rings. The molecule has 0 fully saturated rings. The lowest BCUT2D eigenvalue weighted by atomic mass is 10.1. The number of rotatable bonds is 5. The molecule has 0 radical (unpaired) electrons. The van der Waals surface area contributed by atoms with Crippen molar-refractivity contribution in [3.8, 4) is 11.8 Å². The molecular formula is C18H10N4O5S. The lowest BCUT2D eigenvalue weighted by Gasteiger charge is -1.98. The first-order valence-corrected chi connectivity index (χ1v) is 8.57. The van der Waals surface area contributed by atoms with E-state index in [2.05, 4.69) is 21.8 Å². The van der Waals surface area contributed by atoms with E-state index in [9.17, 15) is 25.0 Å². The van der Waals surface area contributed by atoms with Crippen LogP contribution < -0.4 is 0 Å². The maximum atomic E-state index is 12.3. The van der Waals surface area contributed by atoms with Crippen LogP contribution in [0.4, 0.5) is 11.4 Å². The van der Waals surface area contributed by atoms with Gasteiger partial charge in [0.05, 0.1) is 20.3 Å². The van der Waals surface area contributed by atoms with Crippen molar-refractivity contribution in [2.24, 2.45) is 0 Å². The van der Waals surface area contributed by atoms with Gasteiger partial charge in [0.1, 0.15) is 12.4 Å². The van der Waals surface area contributed by atoms with Crippen LogP contribution in [0.5, 0.6) is 0 Å². The summed E-state index contributed by atoms with van der Waals surface area (Å²) in [5.41, 5.74) is 0.185. The first kappa shape index (κ1) is 18.8. The van der Waals surface area contributed by atoms with Gasteiger partial charge in [0.15, 0.2) is 5.78 Å². The van der Waals surface area contributed by atoms with Crippen LogP contribution in [0.15, 0.2) is 49.1 Å². The van der Waals surface area contributed by atoms with Crippen molar-refractivity contribution in [3.05, 3.63) is 90.2 Å². The van der Waals surface area contributed by atoms with Gasteiger partial charge in [-0.3, -0.25) is 35.0 Å². The van der Waals surface area contributed by atoms with Crippen LogP contribution >= 0.6 is 11.3 Å². The largest absolute Gasteiger partial charge is 0.294 e. The highest BCUT2D eigenvalue weighted by molar-refractivity contribution is 7.12. The second-order valence-electron chi connectivity index (χ2n) is 5.49. The van der Waals surface area contributed by atoms with Gasteiger partial charge in [0, 0.05) is 41.4 Å². The van der Waals surface area contributed by atoms with Crippen molar-refractivity contribution in [3.63, 3.8) is 0 Å². The molecule has 0 spiro atoms. The zero-order valence-corrected chi connectivity index (χ0v) is 14.9. The van der Waals surface area contributed by atoms with Crippen LogP contribution in [0.25, 0.3) is 0 Å². The second kappa shape index (κ2) is 8.15. The molecule has 3 rings (SSSR count). The minimum Gasteiger partial charge on any atom is -0.294 e. The average Bonchev–Trinajstić information content (AvgIpc) is 3.14. The molecule has 0 saturated heterocycles. The summed E-state index contributed by atoms with van der Waals surface area (Å²) in [5.74, 6) is 5.38. The number of nitrogens with zero attached hydrogens (tertiary/aromatic N) is 4. The Kier molecular flexibility index (Phi) is 5.48. The Morgan fingerprint density at radius 1 is 0.964 bits per heavy atom. The zero-order valence-electron chi connectivity index (χ0n) is 14.1. The van der Waals surface area contributed by atoms with E-state index in [1.165, 1.54) is 35.9 Å². The molecule has 0 amide bonds. The van der Waals surface area contributed by atoms with Gasteiger partial charge in [-0.25, -0.2) is 0 Å². The van der Waals surface area contributed by atoms with E-state index in [1.807, 2.05) is 0 Å². The third kappa shape index (κ3) is 4.60. The molecule has 0 atom stereocenters. The number of ketones is 1. The van der Waals surface area contributed by atoms with Crippen LogP contribution in [0, 0.1) is 32.1 Å². The summed E-state index contributed by atoms with van der Waals surface area (Å²) in [6.07, 6.45) is 5.00. The molecule has 0 aliphatic heterocycles. The van der Waals surface area contributed by atoms with Gasteiger partial charge in [-0.2, -0.15) is 0 Å². The number of nitro groups is 2. The molecule has 0 aliphatic carbocycles. The van der Waals surface area contributed by atoms with E-state index in [4.69, 9.17) is 0 Å². The van der Waals surface area contributed by atoms with Crippen molar-refractivity contribution < 1.29 is 14.6 Å². The van der Waals surface area contributed by atoms with Crippen molar-refractivity contribution in [1.82, 2.24) is 9.97 Å². The maximum absolute atomic E-state index is 12.3. The van der Waals surface area contributed by atoms with Crippen LogP contribution in [-0.2, 0) is 6.42 Å². The fourth-order valence-corrected chi connectivity index (χ4v) is 3.07. The summed E-state index contributed by atoms with van der Waals surface area (Å²) >= 11 is 1.29. The zero-order chi connectivity index (χ0) is 20.1. The number of hydrogen-bond donors (Lipinski definition) is 0. The number of carbonyl (C=O) groups excluding carboxylic acids is 1. The fraction of sp³-hybridized carbons (Fsp3) is 0.0556. The molecule has 138 valence electrons. The molecule has 28 heavy (non-hydrogen) atoms. The third-order valence-electron chi connectivity index (χ3n) is 3.52. The van der Waals surface area contributed by atoms with Crippen molar-refractivity contribution in [2.75, 3.05) is 0 Å². The second-order valence-corrected chi connectivity index (χ2v) is 6.66. The summed E-state index contributed by atoms with van der Waals surface area (Å²) in [6.45, 7) is 0. The van der Waals surface area contributed by atoms with Crippen molar-refractivity contribution in [2.45, 2.75) is 6.42 Å². The Labute approximate surface area is 162 Å². The van der Waals surface area contributed by atoms with Crippen LogP contribution in [0.3, 0.4) is 0 Å². The molecule has 9 nitrogen and oxygen atoms in total. The predicted octanol–water partition coefficient (Wildman–Crippen LogP) is 3.18. The molecular weight excluding hydrogens is 384 g/mol. The summed E-state index contributed by atoms with van der Waals surface area (Å²) in [6, 6.07) is 5.99. The van der Waals surface area contributed by atoms with E-state index in [1.54, 1.807) is 12.1 Å². The van der Waals surface area contributed by atoms with E-state index in [-0.39, 0.29) is 29.1 Å². The number of carbonyl (C=O) groups is 1. The molecule has 0 aromatic carbocycles. The molecule has 0 unspecified atom stereocenters. The minimum absolute atomic E-state index is 0.0631. The van der Waals surface area contributed by atoms with Crippen LogP contribution in [0.2, 0.25) is 0 Å². The topological polar surface area (TPSA) is 129 Å². The lowest BCUT2D eigenvalue weighted by molar-refractivity contribution is -0.385. The van der Waals surface area contributed by atoms with Gasteiger partial charge >= 0.3 is 0 Å². The maximum Gasteiger partial charge on any atom is 0.288 e. The highest BCUT2D eigenvalue weighted by Crippen LogP contribution is 2.19. The quantitative estimate of drug-likeness (QED) is 0.281. The molecule has 3 aromatic heterocycles. The molecule has 3 heterocycles. The highest BCUT2D eigenvalue weighted by Gasteiger charge is 2.14. The van der Waals surface area contributed by atoms with Gasteiger partial charge in [0.25, 0.3) is 11.4 Å². The molecule has 3 aromatic rings. The van der Waals surface area contributed by atoms with Gasteiger partial charge in [0.2, 0.25) is 0 Å². The van der Waals surface area contributed by atoms with E-state index in [0.717, 1.165) is 17.3 Å². The molecule has 0 bridgehead atoms. The van der Waals surface area contributed by atoms with Crippen LogP contribution in [0.1, 0.15) is 25.7 Å². The first-order chi connectivity index (χ1) is 13.4. The van der Waals surface area contributed by atoms with Gasteiger partial charge in [-0.1, -0.05) is 11.8 Å². The fourth-order valence-electron chi connectivity index (χ4n) is 2.21. The van der Waals surface area contributed by atoms with E-state index in [0.29, 0.717) is 10.4 Å². The summed E-state index contributed by atoms with van der Waals surface area (Å²) < 4.78 is 0. The Balaban J connectivity index is 1.72. The SMILES string of the molecule is O=C(Cc1ccc(C#Cc2cncc([N+](=O)[O-])c2)s1)c1cncc([N+](=O)[O-])c1. The minimum atomic E-state index is -0.606. The first-order valence-electron chi connectivity index (χ1n) is 7.75. The number of hydrogen-bond acceptors (Lipinski definition) is 8. The van der Waals surface area contributed by atoms with Crippen LogP contribution in [-0.4, -0.2) is 25.6 Å². The van der Waals surface area contributed by atoms with E-state index < -0.39 is 9.85 Å². The normalized spacial score (nSPS) is 10.0. The Morgan fingerprint density at radius 2 is 1.64 bits per heavy atom. The molecule has 10 heteroatoms. The number of thiophene rings is 1. The summed E-state index contributed by atoms with van der Waals surface area (Å²) in [5, 5.41) is 21.5. The third-order valence-corrected chi connectivity index (χ3v) is 4.52. The average molecular weight is 394 g/mol. The Bertz CT molecular complexity index is 1150. The number of Topliss-reactive ketones (excluding diaryl/α,β-unsaturated/α-hetero) is 1. The van der Waals surface area contributed by atoms with Gasteiger partial charge in [-0.05, 0) is 12.1 Å². The smallest absolute Gasteiger partial charge is 0.288 e. The highest BCUT2D eigenvalue weighted by atomic mass is 32.1.